The normalized spacial score (nSPS) is 17.3. The summed E-state index contributed by atoms with van der Waals surface area (Å²) in [5, 5.41) is 14.5. The number of nitrogens with one attached hydrogen (secondary N) is 1. The Morgan fingerprint density at radius 2 is 2.27 bits per heavy atom. The fourth-order valence-electron chi connectivity index (χ4n) is 3.49. The van der Waals surface area contributed by atoms with Crippen LogP contribution in [-0.2, 0) is 6.54 Å². The van der Waals surface area contributed by atoms with Gasteiger partial charge in [-0.1, -0.05) is 13.0 Å². The molecule has 0 spiro atoms. The number of nitrogens with zero attached hydrogens (tertiary/aromatic N) is 3. The second-order valence-corrected chi connectivity index (χ2v) is 6.73. The van der Waals surface area contributed by atoms with E-state index in [1.165, 1.54) is 18.4 Å². The second kappa shape index (κ2) is 8.19. The first kappa shape index (κ1) is 18.2. The molecule has 1 aliphatic rings. The molecule has 6 nitrogen and oxygen atoms in total. The molecule has 0 amide bonds. The Morgan fingerprint density at radius 3 is 3.00 bits per heavy atom. The summed E-state index contributed by atoms with van der Waals surface area (Å²) in [4.78, 5) is 13.5. The number of hydrogen-bond donors (Lipinski definition) is 1. The minimum atomic E-state index is -0.329. The molecule has 1 aliphatic heterocycles. The highest BCUT2D eigenvalue weighted by atomic mass is 16.6. The Hall–Kier alpha value is -2.60. The van der Waals surface area contributed by atoms with Crippen molar-refractivity contribution < 1.29 is 4.92 Å². The van der Waals surface area contributed by atoms with Crippen molar-refractivity contribution in [3.8, 4) is 5.69 Å². The van der Waals surface area contributed by atoms with Crippen molar-refractivity contribution in [2.75, 3.05) is 18.4 Å². The number of benzene rings is 1. The SMILES string of the molecule is C=CC1CCCN1Cc1ccn(-c2ccc(NCCC)c([N+](=O)[O-])c2)c1. The highest BCUT2D eigenvalue weighted by Gasteiger charge is 2.22. The highest BCUT2D eigenvalue weighted by Crippen LogP contribution is 2.28. The van der Waals surface area contributed by atoms with Gasteiger partial charge in [-0.15, -0.1) is 6.58 Å². The molecular formula is C20H26N4O2. The van der Waals surface area contributed by atoms with Crippen LogP contribution in [0.3, 0.4) is 0 Å². The van der Waals surface area contributed by atoms with E-state index in [4.69, 9.17) is 0 Å². The second-order valence-electron chi connectivity index (χ2n) is 6.73. The maximum absolute atomic E-state index is 11.4. The van der Waals surface area contributed by atoms with Crippen molar-refractivity contribution in [2.45, 2.75) is 38.8 Å². The predicted molar refractivity (Wildman–Crippen MR) is 105 cm³/mol. The quantitative estimate of drug-likeness (QED) is 0.435. The third kappa shape index (κ3) is 3.96. The Bertz CT molecular complexity index is 784. The lowest BCUT2D eigenvalue weighted by Gasteiger charge is -2.20. The first-order valence-electron chi connectivity index (χ1n) is 9.18. The van der Waals surface area contributed by atoms with Crippen LogP contribution in [0.1, 0.15) is 31.7 Å². The van der Waals surface area contributed by atoms with Crippen LogP contribution in [0, 0.1) is 10.1 Å². The summed E-state index contributed by atoms with van der Waals surface area (Å²) in [5.41, 5.74) is 2.68. The van der Waals surface area contributed by atoms with Gasteiger partial charge < -0.3 is 9.88 Å². The van der Waals surface area contributed by atoms with Crippen LogP contribution >= 0.6 is 0 Å². The summed E-state index contributed by atoms with van der Waals surface area (Å²) < 4.78 is 1.95. The number of hydrogen-bond acceptors (Lipinski definition) is 4. The lowest BCUT2D eigenvalue weighted by atomic mass is 10.2. The number of aromatic nitrogens is 1. The van der Waals surface area contributed by atoms with E-state index in [1.807, 2.05) is 29.8 Å². The first-order valence-corrected chi connectivity index (χ1v) is 9.18. The molecule has 26 heavy (non-hydrogen) atoms. The molecule has 1 fully saturated rings. The Kier molecular flexibility index (Phi) is 5.73. The number of rotatable bonds is 8. The van der Waals surface area contributed by atoms with E-state index in [-0.39, 0.29) is 10.6 Å². The van der Waals surface area contributed by atoms with E-state index in [0.29, 0.717) is 18.3 Å². The van der Waals surface area contributed by atoms with Gasteiger partial charge >= 0.3 is 0 Å². The molecule has 6 heteroatoms. The van der Waals surface area contributed by atoms with E-state index in [9.17, 15) is 10.1 Å². The van der Waals surface area contributed by atoms with Gasteiger partial charge in [0.15, 0.2) is 0 Å². The fraction of sp³-hybridized carbons (Fsp3) is 0.400. The van der Waals surface area contributed by atoms with E-state index >= 15 is 0 Å². The summed E-state index contributed by atoms with van der Waals surface area (Å²) >= 11 is 0. The van der Waals surface area contributed by atoms with Crippen molar-refractivity contribution in [2.24, 2.45) is 0 Å². The molecular weight excluding hydrogens is 328 g/mol. The van der Waals surface area contributed by atoms with Crippen LogP contribution in [0.5, 0.6) is 0 Å². The minimum absolute atomic E-state index is 0.109. The summed E-state index contributed by atoms with van der Waals surface area (Å²) in [6.45, 7) is 8.64. The van der Waals surface area contributed by atoms with Crippen LogP contribution in [0.4, 0.5) is 11.4 Å². The molecule has 3 rings (SSSR count). The van der Waals surface area contributed by atoms with Gasteiger partial charge in [-0.3, -0.25) is 15.0 Å². The molecule has 1 atom stereocenters. The summed E-state index contributed by atoms with van der Waals surface area (Å²) in [5.74, 6) is 0. The number of nitro groups is 1. The molecule has 1 saturated heterocycles. The van der Waals surface area contributed by atoms with Gasteiger partial charge in [0.05, 0.1) is 10.6 Å². The van der Waals surface area contributed by atoms with Gasteiger partial charge in [0, 0.05) is 37.6 Å². The molecule has 0 aliphatic carbocycles. The zero-order valence-corrected chi connectivity index (χ0v) is 15.2. The van der Waals surface area contributed by atoms with Crippen LogP contribution in [-0.4, -0.2) is 33.5 Å². The maximum atomic E-state index is 11.4. The lowest BCUT2D eigenvalue weighted by molar-refractivity contribution is -0.383. The van der Waals surface area contributed by atoms with Crippen molar-refractivity contribution in [1.82, 2.24) is 9.47 Å². The zero-order valence-electron chi connectivity index (χ0n) is 15.2. The van der Waals surface area contributed by atoms with Gasteiger partial charge in [0.2, 0.25) is 0 Å². The average Bonchev–Trinajstić information content (AvgIpc) is 3.29. The smallest absolute Gasteiger partial charge is 0.294 e. The van der Waals surface area contributed by atoms with Crippen molar-refractivity contribution >= 4 is 11.4 Å². The highest BCUT2D eigenvalue weighted by molar-refractivity contribution is 5.65. The molecule has 138 valence electrons. The number of nitro benzene ring substituents is 1. The molecule has 2 heterocycles. The van der Waals surface area contributed by atoms with Gasteiger partial charge in [-0.2, -0.15) is 0 Å². The Balaban J connectivity index is 1.79. The zero-order chi connectivity index (χ0) is 18.5. The summed E-state index contributed by atoms with van der Waals surface area (Å²) in [6.07, 6.45) is 9.33. The van der Waals surface area contributed by atoms with Crippen molar-refractivity contribution in [3.63, 3.8) is 0 Å². The van der Waals surface area contributed by atoms with E-state index < -0.39 is 0 Å². The van der Waals surface area contributed by atoms with Crippen molar-refractivity contribution in [3.05, 3.63) is 65.0 Å². The predicted octanol–water partition coefficient (Wildman–Crippen LogP) is 4.36. The third-order valence-corrected chi connectivity index (χ3v) is 4.87. The van der Waals surface area contributed by atoms with Gasteiger partial charge in [-0.25, -0.2) is 0 Å². The minimum Gasteiger partial charge on any atom is -0.380 e. The average molecular weight is 354 g/mol. The standard InChI is InChI=1S/C20H26N4O2/c1-3-10-21-19-8-7-18(13-20(19)24(25)26)23-12-9-16(15-23)14-22-11-5-6-17(22)4-2/h4,7-9,12-13,15,17,21H,2-3,5-6,10-11,14H2,1H3. The van der Waals surface area contributed by atoms with Crippen LogP contribution in [0.15, 0.2) is 49.3 Å². The summed E-state index contributed by atoms with van der Waals surface area (Å²) in [6, 6.07) is 7.86. The molecule has 0 radical (unpaired) electrons. The maximum Gasteiger partial charge on any atom is 0.294 e. The number of anilines is 1. The molecule has 1 aromatic carbocycles. The van der Waals surface area contributed by atoms with E-state index in [2.05, 4.69) is 29.1 Å². The van der Waals surface area contributed by atoms with E-state index in [0.717, 1.165) is 25.2 Å². The molecule has 0 saturated carbocycles. The monoisotopic (exact) mass is 354 g/mol. The fourth-order valence-corrected chi connectivity index (χ4v) is 3.49. The largest absolute Gasteiger partial charge is 0.380 e. The molecule has 1 unspecified atom stereocenters. The first-order chi connectivity index (χ1) is 12.6. The Labute approximate surface area is 154 Å². The molecule has 2 aromatic rings. The topological polar surface area (TPSA) is 63.3 Å². The molecule has 1 aromatic heterocycles. The number of likely N-dealkylation sites (tertiary alicyclic amines) is 1. The molecule has 0 bridgehead atoms. The van der Waals surface area contributed by atoms with Crippen LogP contribution < -0.4 is 5.32 Å². The van der Waals surface area contributed by atoms with Gasteiger partial charge in [0.25, 0.3) is 5.69 Å². The van der Waals surface area contributed by atoms with E-state index in [1.54, 1.807) is 12.1 Å². The summed E-state index contributed by atoms with van der Waals surface area (Å²) in [7, 11) is 0. The van der Waals surface area contributed by atoms with Gasteiger partial charge in [0.1, 0.15) is 5.69 Å². The van der Waals surface area contributed by atoms with Gasteiger partial charge in [-0.05, 0) is 49.6 Å². The Morgan fingerprint density at radius 1 is 1.42 bits per heavy atom. The van der Waals surface area contributed by atoms with Crippen LogP contribution in [0.25, 0.3) is 5.69 Å². The van der Waals surface area contributed by atoms with Crippen LogP contribution in [0.2, 0.25) is 0 Å². The van der Waals surface area contributed by atoms with Crippen molar-refractivity contribution in [1.29, 1.82) is 0 Å². The third-order valence-electron chi connectivity index (χ3n) is 4.87. The lowest BCUT2D eigenvalue weighted by Crippen LogP contribution is -2.26. The molecule has 1 N–H and O–H groups in total.